The molecule has 0 bridgehead atoms. The molecule has 0 aliphatic carbocycles. The summed E-state index contributed by atoms with van der Waals surface area (Å²) in [5.41, 5.74) is 1.27. The second-order valence-corrected chi connectivity index (χ2v) is 21.1. The Bertz CT molecular complexity index is 403. The fourth-order valence-corrected chi connectivity index (χ4v) is 15.8. The van der Waals surface area contributed by atoms with Gasteiger partial charge in [0.1, 0.15) is 0 Å². The zero-order valence-corrected chi connectivity index (χ0v) is 30.9. The smallest absolute Gasteiger partial charge is 0.0717 e. The fraction of sp³-hybridized carbons (Fsp3) is 1.00. The summed E-state index contributed by atoms with van der Waals surface area (Å²) in [5.74, 6) is 2.62. The molecule has 2 atom stereocenters. The van der Waals surface area contributed by atoms with Crippen molar-refractivity contribution in [2.24, 2.45) is 0 Å². The maximum atomic E-state index is 6.47. The monoisotopic (exact) mass is 606 g/mol. The van der Waals surface area contributed by atoms with Gasteiger partial charge in [0.25, 0.3) is 0 Å². The Kier molecular flexibility index (Phi) is 31.9. The summed E-state index contributed by atoms with van der Waals surface area (Å²) in [4.78, 5) is 0. The zero-order valence-electron chi connectivity index (χ0n) is 26.9. The third-order valence-corrected chi connectivity index (χ3v) is 18.2. The van der Waals surface area contributed by atoms with Crippen LogP contribution in [0.4, 0.5) is 0 Å². The first-order valence-corrected chi connectivity index (χ1v) is 24.2. The first-order chi connectivity index (χ1) is 18.7. The summed E-state index contributed by atoms with van der Waals surface area (Å²) in [7, 11) is 2.70. The fourth-order valence-electron chi connectivity index (χ4n) is 5.48. The molecule has 0 amide bonds. The van der Waals surface area contributed by atoms with E-state index in [9.17, 15) is 0 Å². The number of rotatable bonds is 31. The molecular formula is C32H70O2S2Si2. The standard InChI is InChI=1S/C32H70O2S2Si2/c1-7-13-27-37(28-14-8-2)31(33-23-11-5)21-17-19-25-35-36-26-20-18-22-32(34-24-12-6)38(29-15-9-3)30-16-10-4/h31-32,37-38H,7-30H2,1-6H3. The van der Waals surface area contributed by atoms with Crippen molar-refractivity contribution in [2.45, 2.75) is 180 Å². The van der Waals surface area contributed by atoms with Gasteiger partial charge >= 0.3 is 0 Å². The Balaban J connectivity index is 4.25. The van der Waals surface area contributed by atoms with E-state index in [2.05, 4.69) is 63.1 Å². The van der Waals surface area contributed by atoms with Gasteiger partial charge in [0.2, 0.25) is 0 Å². The average molecular weight is 607 g/mol. The molecule has 0 aromatic rings. The molecule has 0 aliphatic heterocycles. The van der Waals surface area contributed by atoms with Gasteiger partial charge in [-0.25, -0.2) is 0 Å². The van der Waals surface area contributed by atoms with E-state index < -0.39 is 17.6 Å². The highest BCUT2D eigenvalue weighted by Gasteiger charge is 2.23. The number of ether oxygens (including phenoxy) is 2. The van der Waals surface area contributed by atoms with Crippen LogP contribution in [0.3, 0.4) is 0 Å². The summed E-state index contributed by atoms with van der Waals surface area (Å²) in [6.07, 6.45) is 21.5. The van der Waals surface area contributed by atoms with E-state index in [1.807, 2.05) is 0 Å². The van der Waals surface area contributed by atoms with E-state index >= 15 is 0 Å². The van der Waals surface area contributed by atoms with Crippen molar-refractivity contribution in [3.05, 3.63) is 0 Å². The minimum Gasteiger partial charge on any atom is -0.382 e. The molecule has 0 rings (SSSR count). The zero-order chi connectivity index (χ0) is 28.1. The van der Waals surface area contributed by atoms with Crippen molar-refractivity contribution in [1.29, 1.82) is 0 Å². The lowest BCUT2D eigenvalue weighted by Gasteiger charge is -2.26. The molecular weight excluding hydrogens is 537 g/mol. The molecule has 2 nitrogen and oxygen atoms in total. The predicted molar refractivity (Wildman–Crippen MR) is 186 cm³/mol. The number of hydrogen-bond acceptors (Lipinski definition) is 4. The van der Waals surface area contributed by atoms with Crippen LogP contribution in [-0.2, 0) is 9.47 Å². The maximum Gasteiger partial charge on any atom is 0.0717 e. The molecule has 230 valence electrons. The van der Waals surface area contributed by atoms with Gasteiger partial charge < -0.3 is 9.47 Å². The van der Waals surface area contributed by atoms with E-state index in [0.717, 1.165) is 26.1 Å². The Labute approximate surface area is 252 Å². The van der Waals surface area contributed by atoms with Crippen molar-refractivity contribution in [2.75, 3.05) is 24.7 Å². The Morgan fingerprint density at radius 3 is 1.08 bits per heavy atom. The van der Waals surface area contributed by atoms with Crippen LogP contribution >= 0.6 is 21.6 Å². The SMILES string of the molecule is CCCC[SiH](CCCC)C(CCCCSSCCCCC(OCCC)[SiH](CCCC)CCCC)OCCC. The third-order valence-electron chi connectivity index (χ3n) is 7.85. The van der Waals surface area contributed by atoms with Crippen molar-refractivity contribution >= 4 is 39.2 Å². The van der Waals surface area contributed by atoms with Gasteiger partial charge in [-0.2, -0.15) is 0 Å². The van der Waals surface area contributed by atoms with Crippen molar-refractivity contribution < 1.29 is 9.47 Å². The normalized spacial score (nSPS) is 13.6. The van der Waals surface area contributed by atoms with E-state index in [-0.39, 0.29) is 0 Å². The van der Waals surface area contributed by atoms with Crippen LogP contribution in [0.2, 0.25) is 24.2 Å². The predicted octanol–water partition coefficient (Wildman–Crippen LogP) is 11.0. The summed E-state index contributed by atoms with van der Waals surface area (Å²) < 4.78 is 12.9. The lowest BCUT2D eigenvalue weighted by molar-refractivity contribution is 0.0943. The van der Waals surface area contributed by atoms with Crippen LogP contribution in [0.15, 0.2) is 0 Å². The molecule has 0 spiro atoms. The minimum absolute atomic E-state index is 0.635. The van der Waals surface area contributed by atoms with Gasteiger partial charge in [0.15, 0.2) is 0 Å². The molecule has 0 fully saturated rings. The van der Waals surface area contributed by atoms with Crippen LogP contribution in [0, 0.1) is 0 Å². The van der Waals surface area contributed by atoms with E-state index in [4.69, 9.17) is 9.47 Å². The molecule has 0 aromatic carbocycles. The topological polar surface area (TPSA) is 18.5 Å². The van der Waals surface area contributed by atoms with Crippen LogP contribution in [0.25, 0.3) is 0 Å². The summed E-state index contributed by atoms with van der Waals surface area (Å²) >= 11 is 0. The molecule has 0 aliphatic rings. The van der Waals surface area contributed by atoms with Gasteiger partial charge in [0.05, 0.1) is 17.6 Å². The Morgan fingerprint density at radius 1 is 0.447 bits per heavy atom. The second-order valence-electron chi connectivity index (χ2n) is 11.5. The highest BCUT2D eigenvalue weighted by Crippen LogP contribution is 2.27. The first-order valence-electron chi connectivity index (χ1n) is 17.2. The largest absolute Gasteiger partial charge is 0.382 e. The molecule has 38 heavy (non-hydrogen) atoms. The van der Waals surface area contributed by atoms with Gasteiger partial charge in [-0.15, -0.1) is 0 Å². The Morgan fingerprint density at radius 2 is 0.789 bits per heavy atom. The maximum absolute atomic E-state index is 6.47. The highest BCUT2D eigenvalue weighted by molar-refractivity contribution is 8.76. The number of unbranched alkanes of at least 4 members (excludes halogenated alkanes) is 6. The van der Waals surface area contributed by atoms with E-state index in [1.165, 1.54) is 126 Å². The molecule has 0 N–H and O–H groups in total. The first kappa shape index (κ1) is 39.1. The summed E-state index contributed by atoms with van der Waals surface area (Å²) in [6.45, 7) is 15.9. The van der Waals surface area contributed by atoms with Crippen LogP contribution in [0.5, 0.6) is 0 Å². The van der Waals surface area contributed by atoms with Gasteiger partial charge in [-0.1, -0.05) is 152 Å². The molecule has 0 heterocycles. The van der Waals surface area contributed by atoms with Gasteiger partial charge in [-0.05, 0) is 38.5 Å². The summed E-state index contributed by atoms with van der Waals surface area (Å²) in [5, 5.41) is 0. The quantitative estimate of drug-likeness (QED) is 0.0443. The van der Waals surface area contributed by atoms with Crippen LogP contribution in [-0.4, -0.2) is 53.8 Å². The van der Waals surface area contributed by atoms with Crippen LogP contribution < -0.4 is 0 Å². The second kappa shape index (κ2) is 31.0. The van der Waals surface area contributed by atoms with Crippen molar-refractivity contribution in [1.82, 2.24) is 0 Å². The number of hydrogen-bond donors (Lipinski definition) is 0. The Hall–Kier alpha value is 1.05. The lowest BCUT2D eigenvalue weighted by Crippen LogP contribution is -2.33. The van der Waals surface area contributed by atoms with Gasteiger partial charge in [0, 0.05) is 36.2 Å². The molecule has 0 radical (unpaired) electrons. The van der Waals surface area contributed by atoms with Crippen molar-refractivity contribution in [3.63, 3.8) is 0 Å². The van der Waals surface area contributed by atoms with Crippen LogP contribution in [0.1, 0.15) is 144 Å². The molecule has 0 saturated carbocycles. The minimum atomic E-state index is -0.773. The molecule has 2 unspecified atom stereocenters. The van der Waals surface area contributed by atoms with E-state index in [0.29, 0.717) is 11.5 Å². The van der Waals surface area contributed by atoms with E-state index in [1.54, 1.807) is 0 Å². The van der Waals surface area contributed by atoms with Crippen molar-refractivity contribution in [3.8, 4) is 0 Å². The molecule has 6 heteroatoms. The molecule has 0 saturated heterocycles. The highest BCUT2D eigenvalue weighted by atomic mass is 33.1. The summed E-state index contributed by atoms with van der Waals surface area (Å²) in [6, 6.07) is 6.00. The van der Waals surface area contributed by atoms with Gasteiger partial charge in [-0.3, -0.25) is 0 Å². The third kappa shape index (κ3) is 22.7. The molecule has 0 aromatic heterocycles. The lowest BCUT2D eigenvalue weighted by atomic mass is 10.2. The average Bonchev–Trinajstić information content (AvgIpc) is 2.93.